The van der Waals surface area contributed by atoms with Gasteiger partial charge in [0.25, 0.3) is 0 Å². The van der Waals surface area contributed by atoms with Gasteiger partial charge in [0.1, 0.15) is 0 Å². The fraction of sp³-hybridized carbons (Fsp3) is 0.350. The minimum Gasteiger partial charge on any atom is -0.347 e. The molecule has 0 radical (unpaired) electrons. The normalized spacial score (nSPS) is 12.7. The van der Waals surface area contributed by atoms with Gasteiger partial charge in [-0.15, -0.1) is 0 Å². The molecule has 0 atom stereocenters. The number of hydrogen-bond donors (Lipinski definition) is 1. The lowest BCUT2D eigenvalue weighted by molar-refractivity contribution is -0.140. The topological polar surface area (TPSA) is 43.8 Å². The van der Waals surface area contributed by atoms with E-state index in [2.05, 4.69) is 30.3 Å². The molecule has 1 aromatic carbocycles. The van der Waals surface area contributed by atoms with Crippen LogP contribution in [0.3, 0.4) is 0 Å². The molecule has 0 aliphatic rings. The Morgan fingerprint density at radius 2 is 1.85 bits per heavy atom. The first-order valence-corrected chi connectivity index (χ1v) is 8.44. The van der Waals surface area contributed by atoms with Gasteiger partial charge in [-0.2, -0.15) is 13.2 Å². The first kappa shape index (κ1) is 18.5. The molecule has 0 aliphatic heterocycles. The number of halogens is 3. The summed E-state index contributed by atoms with van der Waals surface area (Å²) in [6, 6.07) is 8.33. The molecule has 0 saturated carbocycles. The lowest BCUT2D eigenvalue weighted by atomic mass is 9.96. The van der Waals surface area contributed by atoms with Gasteiger partial charge in [-0.1, -0.05) is 39.0 Å². The predicted molar refractivity (Wildman–Crippen MR) is 97.5 cm³/mol. The third-order valence-corrected chi connectivity index (χ3v) is 4.22. The summed E-state index contributed by atoms with van der Waals surface area (Å²) in [4.78, 5) is 3.56. The highest BCUT2D eigenvalue weighted by atomic mass is 19.4. The van der Waals surface area contributed by atoms with E-state index in [9.17, 15) is 13.2 Å². The van der Waals surface area contributed by atoms with Crippen LogP contribution in [0.1, 0.15) is 32.0 Å². The number of hydrogen-bond acceptors (Lipinski definition) is 2. The van der Waals surface area contributed by atoms with Crippen molar-refractivity contribution in [2.45, 2.75) is 40.0 Å². The van der Waals surface area contributed by atoms with Gasteiger partial charge in [0.05, 0.1) is 0 Å². The SMILES string of the molecule is CC(C)(C)Cn1cc(CN)c2ccc(-c3cccnc3C(F)(F)F)cc21. The zero-order chi connectivity index (χ0) is 19.1. The minimum absolute atomic E-state index is 0.0270. The Balaban J connectivity index is 2.20. The quantitative estimate of drug-likeness (QED) is 0.694. The maximum atomic E-state index is 13.3. The Kier molecular flexibility index (Phi) is 4.56. The molecule has 6 heteroatoms. The van der Waals surface area contributed by atoms with Gasteiger partial charge in [-0.25, -0.2) is 0 Å². The highest BCUT2D eigenvalue weighted by molar-refractivity contribution is 5.88. The van der Waals surface area contributed by atoms with E-state index in [4.69, 9.17) is 5.73 Å². The number of aromatic nitrogens is 2. The lowest BCUT2D eigenvalue weighted by Gasteiger charge is -2.20. The Bertz CT molecular complexity index is 934. The summed E-state index contributed by atoms with van der Waals surface area (Å²) >= 11 is 0. The van der Waals surface area contributed by atoms with E-state index in [1.54, 1.807) is 12.1 Å². The van der Waals surface area contributed by atoms with Crippen LogP contribution in [0.25, 0.3) is 22.0 Å². The molecule has 2 N–H and O–H groups in total. The number of fused-ring (bicyclic) bond motifs is 1. The van der Waals surface area contributed by atoms with E-state index >= 15 is 0 Å². The van der Waals surface area contributed by atoms with Gasteiger partial charge >= 0.3 is 6.18 Å². The first-order valence-electron chi connectivity index (χ1n) is 8.44. The van der Waals surface area contributed by atoms with Crippen LogP contribution in [-0.2, 0) is 19.3 Å². The Hall–Kier alpha value is -2.34. The predicted octanol–water partition coefficient (Wildman–Crippen LogP) is 5.23. The summed E-state index contributed by atoms with van der Waals surface area (Å²) in [7, 11) is 0. The summed E-state index contributed by atoms with van der Waals surface area (Å²) in [5.74, 6) is 0. The van der Waals surface area contributed by atoms with Crippen molar-refractivity contribution in [1.29, 1.82) is 0 Å². The van der Waals surface area contributed by atoms with Crippen molar-refractivity contribution in [2.24, 2.45) is 11.1 Å². The number of benzene rings is 1. The molecule has 0 saturated heterocycles. The fourth-order valence-corrected chi connectivity index (χ4v) is 3.20. The number of pyridine rings is 1. The van der Waals surface area contributed by atoms with Crippen LogP contribution in [-0.4, -0.2) is 9.55 Å². The van der Waals surface area contributed by atoms with E-state index in [1.807, 2.05) is 12.3 Å². The van der Waals surface area contributed by atoms with Crippen LogP contribution < -0.4 is 5.73 Å². The molecule has 0 amide bonds. The van der Waals surface area contributed by atoms with Crippen LogP contribution in [0.4, 0.5) is 13.2 Å². The zero-order valence-electron chi connectivity index (χ0n) is 15.1. The van der Waals surface area contributed by atoms with E-state index in [0.29, 0.717) is 12.1 Å². The van der Waals surface area contributed by atoms with Crippen molar-refractivity contribution in [2.75, 3.05) is 0 Å². The molecule has 26 heavy (non-hydrogen) atoms. The summed E-state index contributed by atoms with van der Waals surface area (Å²) < 4.78 is 42.0. The molecular formula is C20H22F3N3. The summed E-state index contributed by atoms with van der Waals surface area (Å²) in [5, 5.41) is 0.970. The van der Waals surface area contributed by atoms with Gasteiger partial charge in [0, 0.05) is 41.9 Å². The maximum absolute atomic E-state index is 13.3. The van der Waals surface area contributed by atoms with Crippen LogP contribution in [0.5, 0.6) is 0 Å². The standard InChI is InChI=1S/C20H22F3N3/c1-19(2,3)12-26-11-14(10-24)15-7-6-13(9-17(15)26)16-5-4-8-25-18(16)20(21,22)23/h4-9,11H,10,12,24H2,1-3H3. The molecular weight excluding hydrogens is 339 g/mol. The van der Waals surface area contributed by atoms with E-state index in [-0.39, 0.29) is 11.0 Å². The van der Waals surface area contributed by atoms with Gasteiger partial charge in [-0.3, -0.25) is 4.98 Å². The third-order valence-electron chi connectivity index (χ3n) is 4.22. The maximum Gasteiger partial charge on any atom is 0.433 e. The molecule has 0 bridgehead atoms. The zero-order valence-corrected chi connectivity index (χ0v) is 15.1. The van der Waals surface area contributed by atoms with Crippen molar-refractivity contribution in [3.63, 3.8) is 0 Å². The molecule has 3 rings (SSSR count). The Morgan fingerprint density at radius 3 is 2.46 bits per heavy atom. The second kappa shape index (κ2) is 6.43. The van der Waals surface area contributed by atoms with Gasteiger partial charge in [0.15, 0.2) is 5.69 Å². The fourth-order valence-electron chi connectivity index (χ4n) is 3.20. The van der Waals surface area contributed by atoms with Gasteiger partial charge in [0.2, 0.25) is 0 Å². The second-order valence-electron chi connectivity index (χ2n) is 7.68. The minimum atomic E-state index is -4.50. The second-order valence-corrected chi connectivity index (χ2v) is 7.68. The highest BCUT2D eigenvalue weighted by Gasteiger charge is 2.35. The molecule has 0 fully saturated rings. The van der Waals surface area contributed by atoms with Crippen molar-refractivity contribution >= 4 is 10.9 Å². The monoisotopic (exact) mass is 361 g/mol. The molecule has 2 heterocycles. The first-order chi connectivity index (χ1) is 12.1. The third kappa shape index (κ3) is 3.60. The number of nitrogens with two attached hydrogens (primary N) is 1. The van der Waals surface area contributed by atoms with E-state index in [1.165, 1.54) is 18.3 Å². The van der Waals surface area contributed by atoms with Crippen molar-refractivity contribution in [3.05, 3.63) is 54.0 Å². The number of rotatable bonds is 3. The Labute approximate surface area is 150 Å². The van der Waals surface area contributed by atoms with Crippen molar-refractivity contribution in [3.8, 4) is 11.1 Å². The molecule has 3 nitrogen and oxygen atoms in total. The average molecular weight is 361 g/mol. The number of alkyl halides is 3. The van der Waals surface area contributed by atoms with Crippen LogP contribution in [0, 0.1) is 5.41 Å². The van der Waals surface area contributed by atoms with Crippen LogP contribution >= 0.6 is 0 Å². The largest absolute Gasteiger partial charge is 0.433 e. The molecule has 0 aliphatic carbocycles. The van der Waals surface area contributed by atoms with Crippen molar-refractivity contribution < 1.29 is 13.2 Å². The summed E-state index contributed by atoms with van der Waals surface area (Å²) in [6.45, 7) is 7.48. The molecule has 138 valence electrons. The van der Waals surface area contributed by atoms with E-state index in [0.717, 1.165) is 23.0 Å². The van der Waals surface area contributed by atoms with Crippen molar-refractivity contribution in [1.82, 2.24) is 9.55 Å². The van der Waals surface area contributed by atoms with Crippen LogP contribution in [0.2, 0.25) is 0 Å². The summed E-state index contributed by atoms with van der Waals surface area (Å²) in [5.41, 5.74) is 7.46. The molecule has 3 aromatic rings. The van der Waals surface area contributed by atoms with Crippen LogP contribution in [0.15, 0.2) is 42.7 Å². The molecule has 0 spiro atoms. The van der Waals surface area contributed by atoms with Gasteiger partial charge < -0.3 is 10.3 Å². The highest BCUT2D eigenvalue weighted by Crippen LogP contribution is 2.37. The van der Waals surface area contributed by atoms with Gasteiger partial charge in [-0.05, 0) is 28.7 Å². The molecule has 0 unspecified atom stereocenters. The average Bonchev–Trinajstić information content (AvgIpc) is 2.89. The number of nitrogens with zero attached hydrogens (tertiary/aromatic N) is 2. The molecule has 2 aromatic heterocycles. The van der Waals surface area contributed by atoms with E-state index < -0.39 is 11.9 Å². The Morgan fingerprint density at radius 1 is 1.12 bits per heavy atom. The lowest BCUT2D eigenvalue weighted by Crippen LogP contribution is -2.14. The smallest absolute Gasteiger partial charge is 0.347 e. The summed E-state index contributed by atoms with van der Waals surface area (Å²) in [6.07, 6.45) is -1.34.